The van der Waals surface area contributed by atoms with Gasteiger partial charge in [0.1, 0.15) is 12.4 Å². The van der Waals surface area contributed by atoms with E-state index in [1.54, 1.807) is 0 Å². The van der Waals surface area contributed by atoms with E-state index in [0.29, 0.717) is 6.20 Å². The largest absolute Gasteiger partial charge is 0.368 e. The van der Waals surface area contributed by atoms with Crippen LogP contribution < -0.4 is 10.6 Å². The van der Waals surface area contributed by atoms with Crippen LogP contribution in [0.1, 0.15) is 31.2 Å². The third-order valence-corrected chi connectivity index (χ3v) is 4.99. The number of carbonyl (C=O) groups excluding carboxylic acids is 2. The van der Waals surface area contributed by atoms with Crippen molar-refractivity contribution in [1.29, 1.82) is 0 Å². The first kappa shape index (κ1) is 18.6. The average molecular weight is 375 g/mol. The van der Waals surface area contributed by atoms with E-state index >= 15 is 0 Å². The van der Waals surface area contributed by atoms with Crippen molar-refractivity contribution in [3.63, 3.8) is 0 Å². The average Bonchev–Trinajstić information content (AvgIpc) is 2.79. The van der Waals surface area contributed by atoms with E-state index in [1.807, 2.05) is 0 Å². The number of hydrogen-bond acceptors (Lipinski definition) is 4. The number of carbonyl (C=O) groups is 2. The summed E-state index contributed by atoms with van der Waals surface area (Å²) in [6.45, 7) is -0.655. The first-order chi connectivity index (χ1) is 12.1. The van der Waals surface area contributed by atoms with E-state index in [2.05, 4.69) is 4.98 Å². The van der Waals surface area contributed by atoms with Crippen LogP contribution in [0.4, 0.5) is 23.4 Å². The zero-order valence-corrected chi connectivity index (χ0v) is 13.9. The summed E-state index contributed by atoms with van der Waals surface area (Å²) in [6.07, 6.45) is -0.303. The predicted octanol–water partition coefficient (Wildman–Crippen LogP) is 1.86. The fraction of sp³-hybridized carbons (Fsp3) is 0.562. The number of anilines is 1. The Labute approximate surface area is 146 Å². The summed E-state index contributed by atoms with van der Waals surface area (Å²) in [5, 5.41) is 0. The van der Waals surface area contributed by atoms with Gasteiger partial charge in [-0.25, -0.2) is 22.5 Å². The van der Waals surface area contributed by atoms with Crippen LogP contribution in [-0.2, 0) is 19.9 Å². The van der Waals surface area contributed by atoms with Crippen molar-refractivity contribution in [2.75, 3.05) is 18.6 Å². The molecule has 1 aromatic rings. The van der Waals surface area contributed by atoms with Gasteiger partial charge in [0.25, 0.3) is 5.91 Å². The number of ether oxygens (including phenoxy) is 1. The van der Waals surface area contributed by atoms with Crippen LogP contribution in [-0.4, -0.2) is 36.4 Å². The van der Waals surface area contributed by atoms with E-state index in [4.69, 9.17) is 10.5 Å². The van der Waals surface area contributed by atoms with Crippen LogP contribution in [0.3, 0.4) is 0 Å². The molecule has 0 unspecified atom stereocenters. The summed E-state index contributed by atoms with van der Waals surface area (Å²) < 4.78 is 61.7. The molecule has 10 heteroatoms. The van der Waals surface area contributed by atoms with Crippen LogP contribution in [0.25, 0.3) is 0 Å². The Morgan fingerprint density at radius 1 is 1.46 bits per heavy atom. The lowest BCUT2D eigenvalue weighted by Gasteiger charge is -2.39. The summed E-state index contributed by atoms with van der Waals surface area (Å²) in [7, 11) is 1.06. The zero-order valence-electron chi connectivity index (χ0n) is 13.9. The van der Waals surface area contributed by atoms with Gasteiger partial charge in [0, 0.05) is 25.9 Å². The number of methoxy groups -OCH3 is 1. The number of nitrogens with zero attached hydrogens (tertiary/aromatic N) is 2. The minimum absolute atomic E-state index is 0.0889. The number of primary amides is 1. The molecule has 6 nitrogen and oxygen atoms in total. The molecule has 1 fully saturated rings. The van der Waals surface area contributed by atoms with E-state index in [-0.39, 0.29) is 25.1 Å². The van der Waals surface area contributed by atoms with Crippen molar-refractivity contribution in [2.45, 2.75) is 37.2 Å². The monoisotopic (exact) mass is 375 g/mol. The number of halogens is 4. The Hall–Kier alpha value is -2.23. The molecular formula is C16H17F4N3O3. The molecule has 0 radical (unpaired) electrons. The zero-order chi connectivity index (χ0) is 19.3. The summed E-state index contributed by atoms with van der Waals surface area (Å²) in [6, 6.07) is 0. The number of hydrogen-bond donors (Lipinski definition) is 1. The molecule has 3 rings (SSSR count). The van der Waals surface area contributed by atoms with Crippen LogP contribution in [0.2, 0.25) is 0 Å². The van der Waals surface area contributed by atoms with E-state index in [0.717, 1.165) is 12.0 Å². The highest BCUT2D eigenvalue weighted by Crippen LogP contribution is 2.53. The van der Waals surface area contributed by atoms with E-state index in [9.17, 15) is 27.2 Å². The van der Waals surface area contributed by atoms with Gasteiger partial charge in [0.15, 0.2) is 17.2 Å². The third-order valence-electron chi connectivity index (χ3n) is 4.99. The summed E-state index contributed by atoms with van der Waals surface area (Å²) in [4.78, 5) is 28.8. The van der Waals surface area contributed by atoms with Crippen molar-refractivity contribution < 1.29 is 31.9 Å². The fourth-order valence-electron chi connectivity index (χ4n) is 3.95. The lowest BCUT2D eigenvalue weighted by atomic mass is 9.72. The molecule has 0 bridgehead atoms. The first-order valence-electron chi connectivity index (χ1n) is 8.01. The summed E-state index contributed by atoms with van der Waals surface area (Å²) in [5.74, 6) is -9.15. The Balaban J connectivity index is 2.21. The van der Waals surface area contributed by atoms with Crippen LogP contribution >= 0.6 is 0 Å². The predicted molar refractivity (Wildman–Crippen MR) is 81.3 cm³/mol. The molecule has 26 heavy (non-hydrogen) atoms. The van der Waals surface area contributed by atoms with Gasteiger partial charge in [-0.05, 0) is 12.8 Å². The summed E-state index contributed by atoms with van der Waals surface area (Å²) >= 11 is 0. The van der Waals surface area contributed by atoms with Crippen molar-refractivity contribution in [3.05, 3.63) is 23.4 Å². The highest BCUT2D eigenvalue weighted by molar-refractivity contribution is 6.09. The normalized spacial score (nSPS) is 27.5. The van der Waals surface area contributed by atoms with Crippen LogP contribution in [0, 0.1) is 17.6 Å². The minimum Gasteiger partial charge on any atom is -0.368 e. The van der Waals surface area contributed by atoms with Gasteiger partial charge in [-0.15, -0.1) is 0 Å². The molecule has 1 aliphatic carbocycles. The van der Waals surface area contributed by atoms with Gasteiger partial charge in [0.2, 0.25) is 11.8 Å². The second kappa shape index (κ2) is 6.19. The second-order valence-corrected chi connectivity index (χ2v) is 6.57. The number of pyridine rings is 1. The van der Waals surface area contributed by atoms with Crippen molar-refractivity contribution >= 4 is 17.6 Å². The van der Waals surface area contributed by atoms with Gasteiger partial charge >= 0.3 is 0 Å². The lowest BCUT2D eigenvalue weighted by Crippen LogP contribution is -2.51. The molecule has 0 saturated heterocycles. The Kier molecular flexibility index (Phi) is 4.41. The molecule has 1 aromatic heterocycles. The van der Waals surface area contributed by atoms with Crippen LogP contribution in [0.15, 0.2) is 6.20 Å². The van der Waals surface area contributed by atoms with E-state index < -0.39 is 59.4 Å². The molecular weight excluding hydrogens is 358 g/mol. The molecule has 0 aromatic carbocycles. The smallest absolute Gasteiger partial charge is 0.266 e. The van der Waals surface area contributed by atoms with Crippen molar-refractivity contribution in [3.8, 4) is 0 Å². The molecule has 1 aliphatic heterocycles. The SMILES string of the molecule is CO[C@]1([C@@H]2CCCC(F)(F)C2)C(=O)N(CC(N)=O)c2ncc(F)c(F)c21. The van der Waals surface area contributed by atoms with E-state index in [1.165, 1.54) is 0 Å². The van der Waals surface area contributed by atoms with Gasteiger partial charge in [-0.1, -0.05) is 0 Å². The maximum absolute atomic E-state index is 14.6. The molecule has 2 amide bonds. The van der Waals surface area contributed by atoms with Gasteiger partial charge < -0.3 is 10.5 Å². The third kappa shape index (κ3) is 2.63. The van der Waals surface area contributed by atoms with Gasteiger partial charge in [-0.2, -0.15) is 0 Å². The van der Waals surface area contributed by atoms with Crippen molar-refractivity contribution in [1.82, 2.24) is 4.98 Å². The number of aromatic nitrogens is 1. The molecule has 0 spiro atoms. The molecule has 2 N–H and O–H groups in total. The number of amides is 2. The van der Waals surface area contributed by atoms with Gasteiger partial charge in [0.05, 0.1) is 11.8 Å². The van der Waals surface area contributed by atoms with Crippen molar-refractivity contribution in [2.24, 2.45) is 11.7 Å². The standard InChI is InChI=1S/C16H17F4N3O3/c1-26-16(8-3-2-4-15(19,20)5-8)11-12(18)9(17)6-22-13(11)23(14(16)25)7-10(21)24/h6,8H,2-5,7H2,1H3,(H2,21,24)/t8-,16+/m1/s1. The molecule has 2 aliphatic rings. The highest BCUT2D eigenvalue weighted by atomic mass is 19.3. The Morgan fingerprint density at radius 3 is 2.73 bits per heavy atom. The fourth-order valence-corrected chi connectivity index (χ4v) is 3.95. The Morgan fingerprint density at radius 2 is 2.15 bits per heavy atom. The minimum atomic E-state index is -3.07. The number of nitrogens with two attached hydrogens (primary N) is 1. The molecule has 142 valence electrons. The summed E-state index contributed by atoms with van der Waals surface area (Å²) in [5.41, 5.74) is 2.37. The second-order valence-electron chi connectivity index (χ2n) is 6.57. The number of fused-ring (bicyclic) bond motifs is 1. The number of rotatable bonds is 4. The quantitative estimate of drug-likeness (QED) is 0.814. The van der Waals surface area contributed by atoms with Gasteiger partial charge in [-0.3, -0.25) is 14.5 Å². The molecule has 1 saturated carbocycles. The Bertz CT molecular complexity index is 773. The maximum atomic E-state index is 14.6. The lowest BCUT2D eigenvalue weighted by molar-refractivity contribution is -0.160. The number of alkyl halides is 2. The highest BCUT2D eigenvalue weighted by Gasteiger charge is 2.61. The molecule has 2 heterocycles. The topological polar surface area (TPSA) is 85.5 Å². The van der Waals surface area contributed by atoms with Crippen LogP contribution in [0.5, 0.6) is 0 Å². The first-order valence-corrected chi connectivity index (χ1v) is 8.01. The molecule has 2 atom stereocenters. The maximum Gasteiger partial charge on any atom is 0.266 e.